The molecule has 0 saturated carbocycles. The van der Waals surface area contributed by atoms with Crippen LogP contribution in [-0.4, -0.2) is 28.2 Å². The van der Waals surface area contributed by atoms with Crippen LogP contribution in [0.15, 0.2) is 54.1 Å². The minimum Gasteiger partial charge on any atom is -0.507 e. The van der Waals surface area contributed by atoms with Crippen LogP contribution >= 0.6 is 11.6 Å². The summed E-state index contributed by atoms with van der Waals surface area (Å²) in [6, 6.07) is 11.5. The molecule has 3 rings (SSSR count). The molecule has 1 heterocycles. The van der Waals surface area contributed by atoms with Crippen LogP contribution in [0.25, 0.3) is 5.76 Å². The maximum absolute atomic E-state index is 13.7. The molecule has 4 nitrogen and oxygen atoms in total. The molecule has 1 aliphatic rings. The first-order chi connectivity index (χ1) is 18.9. The molecule has 6 heteroatoms. The van der Waals surface area contributed by atoms with Gasteiger partial charge in [-0.25, -0.2) is 4.39 Å². The number of likely N-dealkylation sites (tertiary alicyclic amines) is 1. The molecule has 1 N–H and O–H groups in total. The first-order valence-electron chi connectivity index (χ1n) is 14.7. The van der Waals surface area contributed by atoms with Gasteiger partial charge in [-0.15, -0.1) is 0 Å². The van der Waals surface area contributed by atoms with Crippen molar-refractivity contribution in [3.63, 3.8) is 0 Å². The molecule has 2 aromatic rings. The van der Waals surface area contributed by atoms with Crippen LogP contribution < -0.4 is 0 Å². The molecular formula is C33H43ClFNO3. The first-order valence-corrected chi connectivity index (χ1v) is 15.1. The fourth-order valence-electron chi connectivity index (χ4n) is 5.34. The fraction of sp³-hybridized carbons (Fsp3) is 0.515. The fourth-order valence-corrected chi connectivity index (χ4v) is 5.47. The lowest BCUT2D eigenvalue weighted by atomic mass is 9.95. The number of aliphatic hydroxyl groups is 1. The number of carbonyl (C=O) groups excluding carboxylic acids is 2. The summed E-state index contributed by atoms with van der Waals surface area (Å²) in [5, 5.41) is 11.6. The van der Waals surface area contributed by atoms with Gasteiger partial charge in [0.15, 0.2) is 0 Å². The highest BCUT2D eigenvalue weighted by Gasteiger charge is 2.45. The Labute approximate surface area is 238 Å². The van der Waals surface area contributed by atoms with Gasteiger partial charge in [0.25, 0.3) is 11.7 Å². The maximum atomic E-state index is 13.7. The van der Waals surface area contributed by atoms with Gasteiger partial charge in [0.05, 0.1) is 11.6 Å². The van der Waals surface area contributed by atoms with Crippen molar-refractivity contribution < 1.29 is 19.1 Å². The Kier molecular flexibility index (Phi) is 13.0. The highest BCUT2D eigenvalue weighted by molar-refractivity contribution is 6.46. The van der Waals surface area contributed by atoms with Gasteiger partial charge in [0.1, 0.15) is 11.6 Å². The number of aliphatic hydroxyl groups excluding tert-OH is 1. The number of hydrogen-bond acceptors (Lipinski definition) is 3. The average molecular weight is 556 g/mol. The smallest absolute Gasteiger partial charge is 0.295 e. The van der Waals surface area contributed by atoms with Crippen LogP contribution in [-0.2, 0) is 9.59 Å². The Bertz CT molecular complexity index is 1080. The first kappa shape index (κ1) is 30.9. The van der Waals surface area contributed by atoms with Crippen molar-refractivity contribution in [2.24, 2.45) is 0 Å². The Hall–Kier alpha value is -2.66. The van der Waals surface area contributed by atoms with E-state index in [0.717, 1.165) is 19.3 Å². The van der Waals surface area contributed by atoms with Gasteiger partial charge in [-0.05, 0) is 48.4 Å². The number of rotatable bonds is 17. The third-order valence-corrected chi connectivity index (χ3v) is 7.85. The molecule has 0 radical (unpaired) electrons. The monoisotopic (exact) mass is 555 g/mol. The molecule has 0 unspecified atom stereocenters. The van der Waals surface area contributed by atoms with Crippen LogP contribution in [0.3, 0.4) is 0 Å². The zero-order chi connectivity index (χ0) is 28.0. The predicted molar refractivity (Wildman–Crippen MR) is 157 cm³/mol. The van der Waals surface area contributed by atoms with Crippen molar-refractivity contribution in [1.29, 1.82) is 0 Å². The molecule has 0 spiro atoms. The molecule has 1 aliphatic heterocycles. The van der Waals surface area contributed by atoms with E-state index in [1.165, 1.54) is 87.7 Å². The number of nitrogens with zero attached hydrogens (tertiary/aromatic N) is 1. The average Bonchev–Trinajstić information content (AvgIpc) is 3.18. The van der Waals surface area contributed by atoms with Gasteiger partial charge in [0.2, 0.25) is 0 Å². The molecule has 39 heavy (non-hydrogen) atoms. The predicted octanol–water partition coefficient (Wildman–Crippen LogP) is 9.38. The number of ketones is 1. The summed E-state index contributed by atoms with van der Waals surface area (Å²) in [7, 11) is 0. The highest BCUT2D eigenvalue weighted by atomic mass is 35.5. The van der Waals surface area contributed by atoms with E-state index in [0.29, 0.717) is 22.7 Å². The summed E-state index contributed by atoms with van der Waals surface area (Å²) in [6.07, 6.45) is 17.3. The number of hydrogen-bond donors (Lipinski definition) is 1. The second-order valence-corrected chi connectivity index (χ2v) is 11.1. The lowest BCUT2D eigenvalue weighted by molar-refractivity contribution is -0.139. The third-order valence-electron chi connectivity index (χ3n) is 7.60. The van der Waals surface area contributed by atoms with Gasteiger partial charge in [-0.1, -0.05) is 114 Å². The summed E-state index contributed by atoms with van der Waals surface area (Å²) in [4.78, 5) is 27.7. The molecular weight excluding hydrogens is 513 g/mol. The Morgan fingerprint density at radius 3 is 1.77 bits per heavy atom. The molecule has 1 saturated heterocycles. The van der Waals surface area contributed by atoms with E-state index in [4.69, 9.17) is 11.6 Å². The number of halogens is 2. The second-order valence-electron chi connectivity index (χ2n) is 10.6. The molecule has 212 valence electrons. The minimum absolute atomic E-state index is 0.0271. The van der Waals surface area contributed by atoms with Gasteiger partial charge in [-0.2, -0.15) is 0 Å². The van der Waals surface area contributed by atoms with E-state index in [9.17, 15) is 19.1 Å². The summed E-state index contributed by atoms with van der Waals surface area (Å²) >= 11 is 5.98. The van der Waals surface area contributed by atoms with Crippen molar-refractivity contribution in [3.05, 3.63) is 76.1 Å². The summed E-state index contributed by atoms with van der Waals surface area (Å²) < 4.78 is 13.7. The molecule has 1 atom stereocenters. The number of unbranched alkanes of at least 4 members (excludes halogenated alkanes) is 13. The summed E-state index contributed by atoms with van der Waals surface area (Å²) in [6.45, 7) is 2.66. The van der Waals surface area contributed by atoms with Crippen LogP contribution in [0, 0.1) is 5.82 Å². The largest absolute Gasteiger partial charge is 0.507 e. The zero-order valence-corrected chi connectivity index (χ0v) is 24.0. The zero-order valence-electron chi connectivity index (χ0n) is 23.3. The Morgan fingerprint density at radius 2 is 1.26 bits per heavy atom. The van der Waals surface area contributed by atoms with Crippen LogP contribution in [0.4, 0.5) is 4.39 Å². The lowest BCUT2D eigenvalue weighted by Crippen LogP contribution is -2.30. The van der Waals surface area contributed by atoms with E-state index < -0.39 is 23.5 Å². The highest BCUT2D eigenvalue weighted by Crippen LogP contribution is 2.39. The van der Waals surface area contributed by atoms with E-state index in [2.05, 4.69) is 6.92 Å². The molecule has 2 aromatic carbocycles. The van der Waals surface area contributed by atoms with Crippen LogP contribution in [0.5, 0.6) is 0 Å². The van der Waals surface area contributed by atoms with E-state index in [-0.39, 0.29) is 11.3 Å². The number of amides is 1. The Morgan fingerprint density at radius 1 is 0.769 bits per heavy atom. The molecule has 0 aromatic heterocycles. The summed E-state index contributed by atoms with van der Waals surface area (Å²) in [5.41, 5.74) is 1.02. The quantitative estimate of drug-likeness (QED) is 0.0915. The SMILES string of the molecule is CCCCCCCCCCCCCCCCN1C(=O)C(=O)/C(=C(/O)c2ccc(Cl)cc2)[C@H]1c1ccc(F)cc1. The molecule has 0 aliphatic carbocycles. The third kappa shape index (κ3) is 9.20. The molecule has 1 amide bonds. The summed E-state index contributed by atoms with van der Waals surface area (Å²) in [5.74, 6) is -2.00. The Balaban J connectivity index is 1.52. The van der Waals surface area contributed by atoms with Crippen LogP contribution in [0.1, 0.15) is 114 Å². The van der Waals surface area contributed by atoms with Crippen molar-refractivity contribution in [1.82, 2.24) is 4.90 Å². The van der Waals surface area contributed by atoms with Gasteiger partial charge in [-0.3, -0.25) is 9.59 Å². The van der Waals surface area contributed by atoms with Gasteiger partial charge < -0.3 is 10.0 Å². The normalized spacial score (nSPS) is 16.8. The van der Waals surface area contributed by atoms with E-state index in [1.807, 2.05) is 0 Å². The minimum atomic E-state index is -0.761. The van der Waals surface area contributed by atoms with Gasteiger partial charge in [0, 0.05) is 17.1 Å². The standard InChI is InChI=1S/C33H43ClFNO3/c1-2-3-4-5-6-7-8-9-10-11-12-13-14-15-24-36-30(25-18-22-28(35)23-19-25)29(32(38)33(36)39)31(37)26-16-20-27(34)21-17-26/h16-23,30,37H,2-15,24H2,1H3/b31-29+/t30-/m1/s1. The van der Waals surface area contributed by atoms with Crippen molar-refractivity contribution >= 4 is 29.1 Å². The maximum Gasteiger partial charge on any atom is 0.295 e. The number of benzene rings is 2. The van der Waals surface area contributed by atoms with Crippen molar-refractivity contribution in [2.45, 2.75) is 103 Å². The number of carbonyl (C=O) groups is 2. The van der Waals surface area contributed by atoms with Crippen LogP contribution in [0.2, 0.25) is 5.02 Å². The molecule has 0 bridgehead atoms. The van der Waals surface area contributed by atoms with E-state index >= 15 is 0 Å². The second kappa shape index (κ2) is 16.4. The lowest BCUT2D eigenvalue weighted by Gasteiger charge is -2.25. The van der Waals surface area contributed by atoms with Gasteiger partial charge >= 0.3 is 0 Å². The van der Waals surface area contributed by atoms with Crippen molar-refractivity contribution in [3.8, 4) is 0 Å². The number of Topliss-reactive ketones (excluding diaryl/α,β-unsaturated/α-hetero) is 1. The van der Waals surface area contributed by atoms with Crippen molar-refractivity contribution in [2.75, 3.05) is 6.54 Å². The molecule has 1 fully saturated rings. The topological polar surface area (TPSA) is 57.6 Å². The van der Waals surface area contributed by atoms with E-state index in [1.54, 1.807) is 36.4 Å².